The van der Waals surface area contributed by atoms with Crippen LogP contribution in [-0.2, 0) is 0 Å². The molecule has 4 rings (SSSR count). The molecule has 4 aliphatic rings. The van der Waals surface area contributed by atoms with Crippen LogP contribution in [0.3, 0.4) is 0 Å². The molecule has 1 aliphatic heterocycles. The average Bonchev–Trinajstić information content (AvgIpc) is 3.27. The molecule has 0 amide bonds. The summed E-state index contributed by atoms with van der Waals surface area (Å²) in [5.74, 6) is 1.20. The van der Waals surface area contributed by atoms with E-state index in [1.54, 1.807) is 6.08 Å². The van der Waals surface area contributed by atoms with Gasteiger partial charge in [0.05, 0.1) is 0 Å². The number of nitrogens with zero attached hydrogens (tertiary/aromatic N) is 1. The van der Waals surface area contributed by atoms with E-state index in [4.69, 9.17) is 5.73 Å². The predicted octanol–water partition coefficient (Wildman–Crippen LogP) is 3.66. The Hall–Kier alpha value is -1.84. The zero-order chi connectivity index (χ0) is 15.8. The fourth-order valence-corrected chi connectivity index (χ4v) is 3.68. The van der Waals surface area contributed by atoms with E-state index < -0.39 is 12.3 Å². The van der Waals surface area contributed by atoms with Gasteiger partial charge in [-0.2, -0.15) is 0 Å². The average molecular weight is 313 g/mol. The summed E-state index contributed by atoms with van der Waals surface area (Å²) in [7, 11) is 0. The van der Waals surface area contributed by atoms with Gasteiger partial charge in [0.2, 0.25) is 0 Å². The smallest absolute Gasteiger partial charge is 0.159 e. The van der Waals surface area contributed by atoms with Crippen molar-refractivity contribution in [1.82, 2.24) is 5.32 Å². The van der Waals surface area contributed by atoms with Crippen molar-refractivity contribution in [1.29, 1.82) is 0 Å². The summed E-state index contributed by atoms with van der Waals surface area (Å²) in [4.78, 5) is 4.39. The Kier molecular flexibility index (Phi) is 3.83. The third kappa shape index (κ3) is 3.26. The summed E-state index contributed by atoms with van der Waals surface area (Å²) < 4.78 is 14.5. The van der Waals surface area contributed by atoms with Crippen molar-refractivity contribution in [3.8, 4) is 0 Å². The van der Waals surface area contributed by atoms with Crippen molar-refractivity contribution in [3.05, 3.63) is 46.7 Å². The summed E-state index contributed by atoms with van der Waals surface area (Å²) in [6, 6.07) is 0. The maximum Gasteiger partial charge on any atom is 0.159 e. The number of allylic oxidation sites excluding steroid dienone is 5. The van der Waals surface area contributed by atoms with Gasteiger partial charge in [-0.05, 0) is 67.7 Å². The van der Waals surface area contributed by atoms with E-state index in [2.05, 4.69) is 22.5 Å². The lowest BCUT2D eigenvalue weighted by Gasteiger charge is -2.25. The summed E-state index contributed by atoms with van der Waals surface area (Å²) in [5.41, 5.74) is 10.9. The number of nitrogens with two attached hydrogens (primary N) is 1. The molecule has 0 bridgehead atoms. The quantitative estimate of drug-likeness (QED) is 0.832. The molecule has 0 saturated heterocycles. The molecule has 3 aliphatic carbocycles. The van der Waals surface area contributed by atoms with Gasteiger partial charge in [-0.15, -0.1) is 0 Å². The Labute approximate surface area is 136 Å². The highest BCUT2D eigenvalue weighted by Gasteiger charge is 2.30. The Morgan fingerprint density at radius 2 is 2.17 bits per heavy atom. The second-order valence-electron chi connectivity index (χ2n) is 7.10. The van der Waals surface area contributed by atoms with Gasteiger partial charge in [0.25, 0.3) is 0 Å². The lowest BCUT2D eigenvalue weighted by atomic mass is 10.0. The van der Waals surface area contributed by atoms with Gasteiger partial charge in [-0.25, -0.2) is 9.38 Å². The number of rotatable bonds is 4. The monoisotopic (exact) mass is 313 g/mol. The molecule has 0 radical (unpaired) electrons. The molecule has 0 aromatic carbocycles. The van der Waals surface area contributed by atoms with Gasteiger partial charge < -0.3 is 11.1 Å². The largest absolute Gasteiger partial charge is 0.384 e. The molecular formula is C19H24FN3. The molecule has 4 heteroatoms. The maximum absolute atomic E-state index is 14.5. The van der Waals surface area contributed by atoms with Crippen molar-refractivity contribution in [2.75, 3.05) is 0 Å². The van der Waals surface area contributed by atoms with Crippen molar-refractivity contribution in [3.63, 3.8) is 0 Å². The fourth-order valence-electron chi connectivity index (χ4n) is 3.68. The molecule has 1 heterocycles. The standard InChI is InChI=1S/C19H24FN3/c20-17-11-15(9-12-7-8-12)18(21)23-19(17)22-16-6-2-4-13-3-1-5-14(13)10-16/h2,4,6,11-12,17,19,22H,1,3,5,7-10H2,(H2,21,23). The highest BCUT2D eigenvalue weighted by molar-refractivity contribution is 5.98. The topological polar surface area (TPSA) is 50.4 Å². The second kappa shape index (κ2) is 5.99. The first-order valence-electron chi connectivity index (χ1n) is 8.72. The van der Waals surface area contributed by atoms with Crippen molar-refractivity contribution in [2.45, 2.75) is 57.3 Å². The number of hydrogen-bond acceptors (Lipinski definition) is 3. The van der Waals surface area contributed by atoms with Crippen LogP contribution in [0.4, 0.5) is 4.39 Å². The Balaban J connectivity index is 1.44. The van der Waals surface area contributed by atoms with Crippen LogP contribution in [0.25, 0.3) is 0 Å². The first-order chi connectivity index (χ1) is 11.2. The first-order valence-corrected chi connectivity index (χ1v) is 8.72. The minimum absolute atomic E-state index is 0.508. The number of halogens is 1. The number of alkyl halides is 1. The third-order valence-electron chi connectivity index (χ3n) is 5.19. The number of nitrogens with one attached hydrogen (secondary N) is 1. The van der Waals surface area contributed by atoms with Crippen LogP contribution in [0.5, 0.6) is 0 Å². The SMILES string of the molecule is NC1=NC(NC2=CC=CC3=C(CCC3)C2)C(F)C=C1CC1CC1. The Morgan fingerprint density at radius 1 is 1.30 bits per heavy atom. The normalized spacial score (nSPS) is 30.4. The maximum atomic E-state index is 14.5. The lowest BCUT2D eigenvalue weighted by Crippen LogP contribution is -2.40. The summed E-state index contributed by atoms with van der Waals surface area (Å²) in [6.07, 6.45) is 14.0. The predicted molar refractivity (Wildman–Crippen MR) is 91.6 cm³/mol. The van der Waals surface area contributed by atoms with Gasteiger partial charge >= 0.3 is 0 Å². The molecule has 0 aromatic heterocycles. The molecule has 0 aromatic rings. The molecule has 3 nitrogen and oxygen atoms in total. The molecule has 23 heavy (non-hydrogen) atoms. The molecule has 1 saturated carbocycles. The summed E-state index contributed by atoms with van der Waals surface area (Å²) >= 11 is 0. The van der Waals surface area contributed by atoms with Crippen LogP contribution in [-0.4, -0.2) is 18.2 Å². The zero-order valence-corrected chi connectivity index (χ0v) is 13.4. The van der Waals surface area contributed by atoms with Crippen LogP contribution in [0.15, 0.2) is 51.7 Å². The van der Waals surface area contributed by atoms with Gasteiger partial charge in [0.15, 0.2) is 12.3 Å². The number of amidine groups is 1. The molecule has 3 N–H and O–H groups in total. The minimum Gasteiger partial charge on any atom is -0.384 e. The van der Waals surface area contributed by atoms with Crippen LogP contribution in [0.2, 0.25) is 0 Å². The zero-order valence-electron chi connectivity index (χ0n) is 13.4. The number of dihydropyridines is 1. The first kappa shape index (κ1) is 14.7. The highest BCUT2D eigenvalue weighted by Crippen LogP contribution is 2.36. The molecule has 122 valence electrons. The van der Waals surface area contributed by atoms with E-state index in [1.807, 2.05) is 6.08 Å². The second-order valence-corrected chi connectivity index (χ2v) is 7.10. The Bertz CT molecular complexity index is 650. The van der Waals surface area contributed by atoms with Gasteiger partial charge in [0, 0.05) is 12.1 Å². The van der Waals surface area contributed by atoms with E-state index in [9.17, 15) is 4.39 Å². The van der Waals surface area contributed by atoms with Crippen LogP contribution >= 0.6 is 0 Å². The van der Waals surface area contributed by atoms with E-state index in [-0.39, 0.29) is 0 Å². The van der Waals surface area contributed by atoms with E-state index in [1.165, 1.54) is 36.8 Å². The molecule has 1 fully saturated rings. The lowest BCUT2D eigenvalue weighted by molar-refractivity contribution is 0.313. The minimum atomic E-state index is -1.11. The number of hydrogen-bond donors (Lipinski definition) is 2. The van der Waals surface area contributed by atoms with E-state index >= 15 is 0 Å². The van der Waals surface area contributed by atoms with Crippen LogP contribution in [0, 0.1) is 5.92 Å². The molecular weight excluding hydrogens is 289 g/mol. The van der Waals surface area contributed by atoms with Gasteiger partial charge in [-0.1, -0.05) is 17.7 Å². The Morgan fingerprint density at radius 3 is 3.00 bits per heavy atom. The third-order valence-corrected chi connectivity index (χ3v) is 5.19. The molecule has 2 atom stereocenters. The van der Waals surface area contributed by atoms with Crippen LogP contribution < -0.4 is 11.1 Å². The molecule has 0 spiro atoms. The fraction of sp³-hybridized carbons (Fsp3) is 0.526. The summed E-state index contributed by atoms with van der Waals surface area (Å²) in [6.45, 7) is 0. The van der Waals surface area contributed by atoms with Crippen LogP contribution in [0.1, 0.15) is 44.9 Å². The van der Waals surface area contributed by atoms with E-state index in [0.717, 1.165) is 30.5 Å². The summed E-state index contributed by atoms with van der Waals surface area (Å²) in [5, 5.41) is 3.27. The number of aliphatic imine (C=N–C) groups is 1. The van der Waals surface area contributed by atoms with Crippen molar-refractivity contribution in [2.24, 2.45) is 16.6 Å². The van der Waals surface area contributed by atoms with Gasteiger partial charge in [-0.3, -0.25) is 0 Å². The molecule has 2 unspecified atom stereocenters. The van der Waals surface area contributed by atoms with Gasteiger partial charge in [0.1, 0.15) is 5.84 Å². The van der Waals surface area contributed by atoms with E-state index in [0.29, 0.717) is 11.8 Å². The highest BCUT2D eigenvalue weighted by atomic mass is 19.1. The van der Waals surface area contributed by atoms with Crippen molar-refractivity contribution < 1.29 is 4.39 Å². The van der Waals surface area contributed by atoms with Crippen molar-refractivity contribution >= 4 is 5.84 Å².